The monoisotopic (exact) mass is 233 g/mol. The van der Waals surface area contributed by atoms with Gasteiger partial charge in [-0.25, -0.2) is 9.07 Å². The largest absolute Gasteiger partial charge is 0.313 e. The molecule has 1 aromatic heterocycles. The Morgan fingerprint density at radius 2 is 1.94 bits per heavy atom. The topological polar surface area (TPSA) is 29.9 Å². The van der Waals surface area contributed by atoms with E-state index in [1.165, 1.54) is 12.1 Å². The van der Waals surface area contributed by atoms with E-state index in [4.69, 9.17) is 0 Å². The predicted octanol–water partition coefficient (Wildman–Crippen LogP) is 2.60. The first kappa shape index (κ1) is 11.8. The zero-order chi connectivity index (χ0) is 12.4. The van der Waals surface area contributed by atoms with Crippen molar-refractivity contribution in [3.05, 3.63) is 47.5 Å². The molecule has 1 unspecified atom stereocenters. The maximum Gasteiger partial charge on any atom is 0.123 e. The summed E-state index contributed by atoms with van der Waals surface area (Å²) in [5.74, 6) is -0.234. The van der Waals surface area contributed by atoms with Gasteiger partial charge in [-0.15, -0.1) is 0 Å². The lowest BCUT2D eigenvalue weighted by Crippen LogP contribution is -2.13. The third-order valence-electron chi connectivity index (χ3n) is 3.02. The Kier molecular flexibility index (Phi) is 3.24. The average molecular weight is 233 g/mol. The third kappa shape index (κ3) is 2.22. The lowest BCUT2D eigenvalue weighted by molar-refractivity contribution is 0.626. The lowest BCUT2D eigenvalue weighted by atomic mass is 10.1. The highest BCUT2D eigenvalue weighted by Gasteiger charge is 2.12. The van der Waals surface area contributed by atoms with Gasteiger partial charge in [-0.05, 0) is 45.2 Å². The van der Waals surface area contributed by atoms with Crippen LogP contribution in [0.1, 0.15) is 24.2 Å². The van der Waals surface area contributed by atoms with Gasteiger partial charge in [-0.3, -0.25) is 0 Å². The zero-order valence-electron chi connectivity index (χ0n) is 10.2. The van der Waals surface area contributed by atoms with Crippen molar-refractivity contribution >= 4 is 0 Å². The predicted molar refractivity (Wildman–Crippen MR) is 65.7 cm³/mol. The molecule has 1 aromatic carbocycles. The first-order chi connectivity index (χ1) is 8.13. The Hall–Kier alpha value is -1.68. The molecule has 0 aliphatic heterocycles. The van der Waals surface area contributed by atoms with Crippen LogP contribution < -0.4 is 5.32 Å². The zero-order valence-corrected chi connectivity index (χ0v) is 10.2. The van der Waals surface area contributed by atoms with E-state index >= 15 is 0 Å². The number of hydrogen-bond acceptors (Lipinski definition) is 2. The quantitative estimate of drug-likeness (QED) is 0.883. The number of aromatic nitrogens is 2. The van der Waals surface area contributed by atoms with Crippen LogP contribution in [0, 0.1) is 12.7 Å². The summed E-state index contributed by atoms with van der Waals surface area (Å²) in [6.45, 7) is 4.10. The summed E-state index contributed by atoms with van der Waals surface area (Å²) in [5, 5.41) is 7.52. The van der Waals surface area contributed by atoms with Crippen LogP contribution >= 0.6 is 0 Å². The second kappa shape index (κ2) is 4.67. The summed E-state index contributed by atoms with van der Waals surface area (Å²) in [4.78, 5) is 0. The second-order valence-electron chi connectivity index (χ2n) is 4.08. The van der Waals surface area contributed by atoms with Gasteiger partial charge in [0.25, 0.3) is 0 Å². The fraction of sp³-hybridized carbons (Fsp3) is 0.308. The van der Waals surface area contributed by atoms with Gasteiger partial charge < -0.3 is 5.32 Å². The molecule has 0 radical (unpaired) electrons. The molecule has 4 heteroatoms. The fourth-order valence-corrected chi connectivity index (χ4v) is 1.85. The van der Waals surface area contributed by atoms with Crippen LogP contribution in [0.5, 0.6) is 0 Å². The molecule has 0 bridgehead atoms. The van der Waals surface area contributed by atoms with Crippen molar-refractivity contribution in [2.75, 3.05) is 7.05 Å². The van der Waals surface area contributed by atoms with Crippen molar-refractivity contribution in [3.8, 4) is 5.69 Å². The van der Waals surface area contributed by atoms with E-state index in [2.05, 4.69) is 17.3 Å². The minimum atomic E-state index is -0.234. The summed E-state index contributed by atoms with van der Waals surface area (Å²) in [6.07, 6.45) is 1.85. The molecule has 2 rings (SSSR count). The van der Waals surface area contributed by atoms with Gasteiger partial charge in [0.05, 0.1) is 11.9 Å². The Bertz CT molecular complexity index is 502. The van der Waals surface area contributed by atoms with Gasteiger partial charge in [-0.1, -0.05) is 0 Å². The number of nitrogens with one attached hydrogen (secondary N) is 1. The summed E-state index contributed by atoms with van der Waals surface area (Å²) < 4.78 is 14.7. The van der Waals surface area contributed by atoms with E-state index in [1.54, 1.807) is 12.1 Å². The Labute approximate surface area is 100 Å². The van der Waals surface area contributed by atoms with Crippen LogP contribution in [0.2, 0.25) is 0 Å². The number of halogens is 1. The molecule has 90 valence electrons. The average Bonchev–Trinajstić information content (AvgIpc) is 2.71. The van der Waals surface area contributed by atoms with E-state index in [9.17, 15) is 4.39 Å². The fourth-order valence-electron chi connectivity index (χ4n) is 1.85. The molecule has 2 aromatic rings. The van der Waals surface area contributed by atoms with Gasteiger partial charge in [0.2, 0.25) is 0 Å². The highest BCUT2D eigenvalue weighted by atomic mass is 19.1. The van der Waals surface area contributed by atoms with Gasteiger partial charge in [0.15, 0.2) is 0 Å². The number of benzene rings is 1. The number of hydrogen-bond donors (Lipinski definition) is 1. The summed E-state index contributed by atoms with van der Waals surface area (Å²) in [7, 11) is 1.92. The van der Waals surface area contributed by atoms with Crippen LogP contribution in [-0.4, -0.2) is 16.8 Å². The van der Waals surface area contributed by atoms with E-state index < -0.39 is 0 Å². The van der Waals surface area contributed by atoms with Crippen LogP contribution in [0.15, 0.2) is 30.5 Å². The first-order valence-corrected chi connectivity index (χ1v) is 5.61. The maximum atomic E-state index is 12.9. The number of rotatable bonds is 3. The minimum Gasteiger partial charge on any atom is -0.313 e. The van der Waals surface area contributed by atoms with Gasteiger partial charge in [0.1, 0.15) is 5.82 Å². The van der Waals surface area contributed by atoms with Gasteiger partial charge in [0, 0.05) is 17.3 Å². The maximum absolute atomic E-state index is 12.9. The Morgan fingerprint density at radius 3 is 2.53 bits per heavy atom. The smallest absolute Gasteiger partial charge is 0.123 e. The summed E-state index contributed by atoms with van der Waals surface area (Å²) >= 11 is 0. The Balaban J connectivity index is 2.40. The summed E-state index contributed by atoms with van der Waals surface area (Å²) in [5.41, 5.74) is 3.09. The minimum absolute atomic E-state index is 0.234. The lowest BCUT2D eigenvalue weighted by Gasteiger charge is -2.10. The molecular weight excluding hydrogens is 217 g/mol. The van der Waals surface area contributed by atoms with Crippen LogP contribution in [0.3, 0.4) is 0 Å². The number of nitrogens with zero attached hydrogens (tertiary/aromatic N) is 2. The van der Waals surface area contributed by atoms with Crippen molar-refractivity contribution in [1.29, 1.82) is 0 Å². The molecule has 0 saturated heterocycles. The first-order valence-electron chi connectivity index (χ1n) is 5.61. The molecule has 0 spiro atoms. The summed E-state index contributed by atoms with van der Waals surface area (Å²) in [6, 6.07) is 6.59. The van der Waals surface area contributed by atoms with E-state index in [0.717, 1.165) is 16.9 Å². The Morgan fingerprint density at radius 1 is 1.29 bits per heavy atom. The highest BCUT2D eigenvalue weighted by molar-refractivity contribution is 5.35. The highest BCUT2D eigenvalue weighted by Crippen LogP contribution is 2.19. The van der Waals surface area contributed by atoms with Crippen molar-refractivity contribution in [2.24, 2.45) is 0 Å². The van der Waals surface area contributed by atoms with Crippen molar-refractivity contribution in [3.63, 3.8) is 0 Å². The molecule has 0 fully saturated rings. The molecule has 0 aliphatic carbocycles. The molecular formula is C13H16FN3. The third-order valence-corrected chi connectivity index (χ3v) is 3.02. The van der Waals surface area contributed by atoms with E-state index in [-0.39, 0.29) is 11.9 Å². The molecule has 0 saturated carbocycles. The normalized spacial score (nSPS) is 12.7. The van der Waals surface area contributed by atoms with Crippen molar-refractivity contribution in [1.82, 2.24) is 15.1 Å². The van der Waals surface area contributed by atoms with Crippen LogP contribution in [-0.2, 0) is 0 Å². The molecule has 0 amide bonds. The molecule has 17 heavy (non-hydrogen) atoms. The van der Waals surface area contributed by atoms with E-state index in [1.807, 2.05) is 24.9 Å². The molecule has 0 aliphatic rings. The van der Waals surface area contributed by atoms with E-state index in [0.29, 0.717) is 0 Å². The van der Waals surface area contributed by atoms with Crippen molar-refractivity contribution in [2.45, 2.75) is 19.9 Å². The van der Waals surface area contributed by atoms with Gasteiger partial charge in [-0.2, -0.15) is 5.10 Å². The van der Waals surface area contributed by atoms with Crippen LogP contribution in [0.25, 0.3) is 5.69 Å². The van der Waals surface area contributed by atoms with Crippen LogP contribution in [0.4, 0.5) is 4.39 Å². The molecule has 3 nitrogen and oxygen atoms in total. The molecule has 1 N–H and O–H groups in total. The molecule has 1 heterocycles. The molecule has 1 atom stereocenters. The van der Waals surface area contributed by atoms with Crippen molar-refractivity contribution < 1.29 is 4.39 Å². The second-order valence-corrected chi connectivity index (χ2v) is 4.08. The van der Waals surface area contributed by atoms with Gasteiger partial charge >= 0.3 is 0 Å². The SMILES string of the molecule is CNC(C)c1cnn(-c2ccc(F)cc2)c1C. The standard InChI is InChI=1S/C13H16FN3/c1-9(15-3)13-8-16-17(10(13)2)12-6-4-11(14)5-7-12/h4-9,15H,1-3H3.